The van der Waals surface area contributed by atoms with Crippen LogP contribution in [0.15, 0.2) is 42.5 Å². The van der Waals surface area contributed by atoms with Crippen molar-refractivity contribution in [2.45, 2.75) is 19.8 Å². The van der Waals surface area contributed by atoms with Crippen LogP contribution in [-0.2, 0) is 0 Å². The number of amides is 1. The number of rotatable bonds is 3. The zero-order valence-electron chi connectivity index (χ0n) is 13.6. The van der Waals surface area contributed by atoms with Crippen molar-refractivity contribution < 1.29 is 4.79 Å². The van der Waals surface area contributed by atoms with Crippen molar-refractivity contribution in [2.75, 3.05) is 29.9 Å². The third-order valence-electron chi connectivity index (χ3n) is 4.37. The zero-order valence-corrected chi connectivity index (χ0v) is 14.3. The highest BCUT2D eigenvalue weighted by molar-refractivity contribution is 6.34. The van der Waals surface area contributed by atoms with E-state index in [4.69, 9.17) is 11.6 Å². The van der Waals surface area contributed by atoms with Gasteiger partial charge in [0.05, 0.1) is 10.6 Å². The Kier molecular flexibility index (Phi) is 4.58. The number of carbonyl (C=O) groups is 1. The average Bonchev–Trinajstić information content (AvgIpc) is 3.08. The summed E-state index contributed by atoms with van der Waals surface area (Å²) in [5, 5.41) is 0.496. The summed E-state index contributed by atoms with van der Waals surface area (Å²) in [4.78, 5) is 16.7. The van der Waals surface area contributed by atoms with Gasteiger partial charge in [-0.1, -0.05) is 17.7 Å². The second-order valence-electron chi connectivity index (χ2n) is 6.06. The smallest absolute Gasteiger partial charge is 0.259 e. The van der Waals surface area contributed by atoms with Crippen LogP contribution in [0.25, 0.3) is 0 Å². The molecule has 1 aliphatic heterocycles. The summed E-state index contributed by atoms with van der Waals surface area (Å²) in [5.74, 6) is -0.0936. The molecule has 1 saturated heterocycles. The molecule has 0 bridgehead atoms. The van der Waals surface area contributed by atoms with Gasteiger partial charge in [0.1, 0.15) is 0 Å². The van der Waals surface area contributed by atoms with Crippen LogP contribution in [0.3, 0.4) is 0 Å². The van der Waals surface area contributed by atoms with Crippen LogP contribution >= 0.6 is 11.6 Å². The lowest BCUT2D eigenvalue weighted by Crippen LogP contribution is -2.26. The Morgan fingerprint density at radius 2 is 1.74 bits per heavy atom. The van der Waals surface area contributed by atoms with Crippen LogP contribution in [0.5, 0.6) is 0 Å². The summed E-state index contributed by atoms with van der Waals surface area (Å²) in [6.45, 7) is 4.20. The molecule has 4 heteroatoms. The molecule has 0 atom stereocenters. The van der Waals surface area contributed by atoms with Gasteiger partial charge >= 0.3 is 0 Å². The third-order valence-corrected chi connectivity index (χ3v) is 4.68. The quantitative estimate of drug-likeness (QED) is 0.826. The van der Waals surface area contributed by atoms with Crippen LogP contribution in [0.2, 0.25) is 5.02 Å². The summed E-state index contributed by atoms with van der Waals surface area (Å²) in [7, 11) is 1.78. The number of hydrogen-bond donors (Lipinski definition) is 0. The van der Waals surface area contributed by atoms with E-state index in [0.717, 1.165) is 24.3 Å². The van der Waals surface area contributed by atoms with Crippen molar-refractivity contribution in [1.29, 1.82) is 0 Å². The van der Waals surface area contributed by atoms with E-state index in [2.05, 4.69) is 17.0 Å². The predicted molar refractivity (Wildman–Crippen MR) is 96.8 cm³/mol. The molecule has 120 valence electrons. The van der Waals surface area contributed by atoms with E-state index in [-0.39, 0.29) is 5.91 Å². The fourth-order valence-electron chi connectivity index (χ4n) is 2.95. The van der Waals surface area contributed by atoms with Gasteiger partial charge in [-0.3, -0.25) is 4.79 Å². The van der Waals surface area contributed by atoms with Crippen LogP contribution in [0.4, 0.5) is 11.4 Å². The van der Waals surface area contributed by atoms with Crippen molar-refractivity contribution in [3.05, 3.63) is 58.6 Å². The number of nitrogens with zero attached hydrogens (tertiary/aromatic N) is 2. The first-order chi connectivity index (χ1) is 11.1. The Morgan fingerprint density at radius 3 is 2.35 bits per heavy atom. The molecule has 1 fully saturated rings. The van der Waals surface area contributed by atoms with Gasteiger partial charge in [0.2, 0.25) is 0 Å². The Hall–Kier alpha value is -2.00. The molecule has 0 aromatic heterocycles. The molecule has 2 aromatic rings. The van der Waals surface area contributed by atoms with Crippen molar-refractivity contribution >= 4 is 28.9 Å². The Labute approximate surface area is 142 Å². The van der Waals surface area contributed by atoms with E-state index >= 15 is 0 Å². The molecule has 1 aliphatic rings. The number of anilines is 2. The molecule has 23 heavy (non-hydrogen) atoms. The highest BCUT2D eigenvalue weighted by Crippen LogP contribution is 2.25. The predicted octanol–water partition coefficient (Wildman–Crippen LogP) is 4.53. The second kappa shape index (κ2) is 6.63. The third kappa shape index (κ3) is 3.35. The Morgan fingerprint density at radius 1 is 1.09 bits per heavy atom. The van der Waals surface area contributed by atoms with Crippen molar-refractivity contribution in [1.82, 2.24) is 0 Å². The van der Waals surface area contributed by atoms with Gasteiger partial charge in [-0.25, -0.2) is 0 Å². The zero-order chi connectivity index (χ0) is 16.4. The van der Waals surface area contributed by atoms with Crippen molar-refractivity contribution in [3.63, 3.8) is 0 Å². The fourth-order valence-corrected chi connectivity index (χ4v) is 3.27. The summed E-state index contributed by atoms with van der Waals surface area (Å²) >= 11 is 6.21. The lowest BCUT2D eigenvalue weighted by Gasteiger charge is -2.21. The van der Waals surface area contributed by atoms with Gasteiger partial charge in [-0.15, -0.1) is 0 Å². The van der Waals surface area contributed by atoms with E-state index in [9.17, 15) is 4.79 Å². The summed E-state index contributed by atoms with van der Waals surface area (Å²) in [6.07, 6.45) is 2.51. The number of aryl methyl sites for hydroxylation is 1. The van der Waals surface area contributed by atoms with Gasteiger partial charge in [-0.05, 0) is 61.7 Å². The minimum absolute atomic E-state index is 0.0936. The fraction of sp³-hybridized carbons (Fsp3) is 0.316. The van der Waals surface area contributed by atoms with E-state index in [1.807, 2.05) is 31.2 Å². The van der Waals surface area contributed by atoms with Gasteiger partial charge in [-0.2, -0.15) is 0 Å². The number of hydrogen-bond acceptors (Lipinski definition) is 2. The SMILES string of the molecule is Cc1ccc(C(=O)N(C)c2ccc(N3CCCC3)cc2)c(Cl)c1. The maximum Gasteiger partial charge on any atom is 0.259 e. The molecule has 3 nitrogen and oxygen atoms in total. The van der Waals surface area contributed by atoms with Crippen LogP contribution in [0, 0.1) is 6.92 Å². The molecule has 0 N–H and O–H groups in total. The monoisotopic (exact) mass is 328 g/mol. The normalized spacial score (nSPS) is 14.1. The van der Waals surface area contributed by atoms with Crippen LogP contribution < -0.4 is 9.80 Å². The minimum Gasteiger partial charge on any atom is -0.372 e. The van der Waals surface area contributed by atoms with E-state index in [1.165, 1.54) is 18.5 Å². The van der Waals surface area contributed by atoms with Gasteiger partial charge in [0.15, 0.2) is 0 Å². The van der Waals surface area contributed by atoms with E-state index < -0.39 is 0 Å². The first-order valence-corrected chi connectivity index (χ1v) is 8.33. The maximum absolute atomic E-state index is 12.6. The summed E-state index contributed by atoms with van der Waals surface area (Å²) in [5.41, 5.74) is 3.67. The minimum atomic E-state index is -0.0936. The van der Waals surface area contributed by atoms with Crippen LogP contribution in [-0.4, -0.2) is 26.0 Å². The molecule has 0 radical (unpaired) electrons. The van der Waals surface area contributed by atoms with Gasteiger partial charge in [0, 0.05) is 31.5 Å². The molecule has 2 aromatic carbocycles. The molecule has 1 heterocycles. The molecule has 0 aliphatic carbocycles. The largest absolute Gasteiger partial charge is 0.372 e. The standard InChI is InChI=1S/C19H21ClN2O/c1-14-5-10-17(18(20)13-14)19(23)21(2)15-6-8-16(9-7-15)22-11-3-4-12-22/h5-10,13H,3-4,11-12H2,1-2H3. The number of carbonyl (C=O) groups excluding carboxylic acids is 1. The number of benzene rings is 2. The molecule has 0 unspecified atom stereocenters. The molecule has 3 rings (SSSR count). The molecular weight excluding hydrogens is 308 g/mol. The first-order valence-electron chi connectivity index (χ1n) is 7.95. The Balaban J connectivity index is 1.79. The maximum atomic E-state index is 12.6. The highest BCUT2D eigenvalue weighted by atomic mass is 35.5. The van der Waals surface area contributed by atoms with E-state index in [1.54, 1.807) is 18.0 Å². The Bertz CT molecular complexity index is 706. The molecular formula is C19H21ClN2O. The lowest BCUT2D eigenvalue weighted by atomic mass is 10.1. The van der Waals surface area contributed by atoms with Gasteiger partial charge < -0.3 is 9.80 Å². The summed E-state index contributed by atoms with van der Waals surface area (Å²) < 4.78 is 0. The topological polar surface area (TPSA) is 23.6 Å². The highest BCUT2D eigenvalue weighted by Gasteiger charge is 2.17. The van der Waals surface area contributed by atoms with Crippen LogP contribution in [0.1, 0.15) is 28.8 Å². The molecule has 0 saturated carbocycles. The molecule has 0 spiro atoms. The van der Waals surface area contributed by atoms with Crippen molar-refractivity contribution in [3.8, 4) is 0 Å². The first kappa shape index (κ1) is 15.9. The summed E-state index contributed by atoms with van der Waals surface area (Å²) in [6, 6.07) is 13.7. The van der Waals surface area contributed by atoms with Gasteiger partial charge in [0.25, 0.3) is 5.91 Å². The molecule has 1 amide bonds. The average molecular weight is 329 g/mol. The van der Waals surface area contributed by atoms with Crippen molar-refractivity contribution in [2.24, 2.45) is 0 Å². The lowest BCUT2D eigenvalue weighted by molar-refractivity contribution is 0.0993. The number of halogens is 1. The second-order valence-corrected chi connectivity index (χ2v) is 6.47. The van der Waals surface area contributed by atoms with E-state index in [0.29, 0.717) is 10.6 Å².